The van der Waals surface area contributed by atoms with Crippen molar-refractivity contribution in [3.63, 3.8) is 0 Å². The van der Waals surface area contributed by atoms with E-state index in [0.29, 0.717) is 31.1 Å². The van der Waals surface area contributed by atoms with Gasteiger partial charge in [0.2, 0.25) is 0 Å². The zero-order valence-electron chi connectivity index (χ0n) is 14.8. The summed E-state index contributed by atoms with van der Waals surface area (Å²) in [6, 6.07) is 5.37. The summed E-state index contributed by atoms with van der Waals surface area (Å²) in [5, 5.41) is 10.2. The highest BCUT2D eigenvalue weighted by Crippen LogP contribution is 2.22. The minimum Gasteiger partial charge on any atom is -0.490 e. The van der Waals surface area contributed by atoms with E-state index in [4.69, 9.17) is 9.47 Å². The minimum atomic E-state index is -0.514. The first-order valence-electron chi connectivity index (χ1n) is 8.85. The first-order valence-corrected chi connectivity index (χ1v) is 8.85. The second-order valence-corrected chi connectivity index (χ2v) is 6.40. The van der Waals surface area contributed by atoms with Gasteiger partial charge in [-0.15, -0.1) is 0 Å². The van der Waals surface area contributed by atoms with E-state index in [0.717, 1.165) is 25.1 Å². The Labute approximate surface area is 144 Å². The first-order chi connectivity index (χ1) is 11.6. The number of benzene rings is 1. The van der Waals surface area contributed by atoms with Gasteiger partial charge in [-0.25, -0.2) is 0 Å². The van der Waals surface area contributed by atoms with Gasteiger partial charge < -0.3 is 19.5 Å². The Balaban J connectivity index is 1.94. The number of rotatable bonds is 10. The smallest absolute Gasteiger partial charge is 0.159 e. The molecule has 0 aliphatic carbocycles. The maximum atomic E-state index is 11.6. The van der Waals surface area contributed by atoms with Gasteiger partial charge in [0.15, 0.2) is 5.78 Å². The van der Waals surface area contributed by atoms with Crippen molar-refractivity contribution in [2.24, 2.45) is 0 Å². The number of carbonyl (C=O) groups is 1. The molecule has 0 amide bonds. The molecule has 1 N–H and O–H groups in total. The van der Waals surface area contributed by atoms with Crippen LogP contribution in [-0.2, 0) is 11.3 Å². The van der Waals surface area contributed by atoms with Crippen molar-refractivity contribution in [3.05, 3.63) is 29.3 Å². The number of hydrogen-bond donors (Lipinski definition) is 1. The van der Waals surface area contributed by atoms with Crippen LogP contribution in [0.2, 0.25) is 0 Å². The number of carbonyl (C=O) groups excluding carboxylic acids is 1. The number of Topliss-reactive ketones (excluding diaryl/α,β-unsaturated/α-hetero) is 1. The molecule has 24 heavy (non-hydrogen) atoms. The van der Waals surface area contributed by atoms with Crippen LogP contribution >= 0.6 is 0 Å². The molecule has 1 aliphatic heterocycles. The van der Waals surface area contributed by atoms with Crippen LogP contribution in [0.15, 0.2) is 18.2 Å². The summed E-state index contributed by atoms with van der Waals surface area (Å²) in [5.41, 5.74) is 1.50. The van der Waals surface area contributed by atoms with Gasteiger partial charge in [-0.2, -0.15) is 0 Å². The maximum absolute atomic E-state index is 11.6. The van der Waals surface area contributed by atoms with Crippen molar-refractivity contribution in [3.8, 4) is 5.75 Å². The topological polar surface area (TPSA) is 59.0 Å². The lowest BCUT2D eigenvalue weighted by Gasteiger charge is -2.20. The average molecular weight is 335 g/mol. The molecule has 1 aromatic carbocycles. The summed E-state index contributed by atoms with van der Waals surface area (Å²) in [6.45, 7) is 7.68. The van der Waals surface area contributed by atoms with Gasteiger partial charge in [0.25, 0.3) is 0 Å². The van der Waals surface area contributed by atoms with Crippen LogP contribution in [-0.4, -0.2) is 54.7 Å². The van der Waals surface area contributed by atoms with Crippen molar-refractivity contribution in [2.75, 3.05) is 32.8 Å². The SMILES string of the molecule is CCCOCc1cc(C(C)=O)ccc1OCC(O)CN1CCCC1. The van der Waals surface area contributed by atoms with Gasteiger partial charge in [0.1, 0.15) is 18.5 Å². The van der Waals surface area contributed by atoms with Gasteiger partial charge in [0.05, 0.1) is 6.61 Å². The normalized spacial score (nSPS) is 16.3. The Morgan fingerprint density at radius 3 is 2.75 bits per heavy atom. The van der Waals surface area contributed by atoms with E-state index in [1.807, 2.05) is 6.07 Å². The molecule has 0 bridgehead atoms. The Morgan fingerprint density at radius 1 is 1.33 bits per heavy atom. The second kappa shape index (κ2) is 9.77. The van der Waals surface area contributed by atoms with Crippen molar-refractivity contribution < 1.29 is 19.4 Å². The molecule has 2 rings (SSSR count). The summed E-state index contributed by atoms with van der Waals surface area (Å²) in [5.74, 6) is 0.698. The van der Waals surface area contributed by atoms with Crippen LogP contribution < -0.4 is 4.74 Å². The number of nitrogens with zero attached hydrogens (tertiary/aromatic N) is 1. The molecule has 1 saturated heterocycles. The Morgan fingerprint density at radius 2 is 2.08 bits per heavy atom. The predicted molar refractivity (Wildman–Crippen MR) is 93.6 cm³/mol. The Hall–Kier alpha value is -1.43. The van der Waals surface area contributed by atoms with E-state index in [9.17, 15) is 9.90 Å². The number of likely N-dealkylation sites (tertiary alicyclic amines) is 1. The molecule has 0 saturated carbocycles. The van der Waals surface area contributed by atoms with Crippen molar-refractivity contribution in [2.45, 2.75) is 45.8 Å². The number of ketones is 1. The quantitative estimate of drug-likeness (QED) is 0.526. The van der Waals surface area contributed by atoms with E-state index >= 15 is 0 Å². The summed E-state index contributed by atoms with van der Waals surface area (Å²) in [4.78, 5) is 13.8. The van der Waals surface area contributed by atoms with Crippen LogP contribution in [0.3, 0.4) is 0 Å². The molecular formula is C19H29NO4. The molecule has 5 heteroatoms. The molecule has 1 aliphatic rings. The van der Waals surface area contributed by atoms with Crippen LogP contribution in [0.25, 0.3) is 0 Å². The Kier molecular flexibility index (Phi) is 7.69. The lowest BCUT2D eigenvalue weighted by atomic mass is 10.1. The lowest BCUT2D eigenvalue weighted by molar-refractivity contribution is 0.0729. The summed E-state index contributed by atoms with van der Waals surface area (Å²) < 4.78 is 11.4. The third kappa shape index (κ3) is 5.89. The minimum absolute atomic E-state index is 0.0207. The van der Waals surface area contributed by atoms with Crippen LogP contribution in [0.1, 0.15) is 49.0 Å². The summed E-state index contributed by atoms with van der Waals surface area (Å²) in [7, 11) is 0. The zero-order valence-corrected chi connectivity index (χ0v) is 14.8. The average Bonchev–Trinajstić information content (AvgIpc) is 3.06. The standard InChI is InChI=1S/C19H29NO4/c1-3-10-23-13-17-11-16(15(2)21)6-7-19(17)24-14-18(22)12-20-8-4-5-9-20/h6-7,11,18,22H,3-5,8-10,12-14H2,1-2H3. The molecule has 1 aromatic rings. The molecule has 1 atom stereocenters. The predicted octanol–water partition coefficient (Wildman–Crippen LogP) is 2.65. The van der Waals surface area contributed by atoms with Gasteiger partial charge in [-0.3, -0.25) is 4.79 Å². The van der Waals surface area contributed by atoms with Gasteiger partial charge in [-0.05, 0) is 57.5 Å². The van der Waals surface area contributed by atoms with Crippen LogP contribution in [0.5, 0.6) is 5.75 Å². The molecule has 5 nitrogen and oxygen atoms in total. The molecule has 1 unspecified atom stereocenters. The third-order valence-electron chi connectivity index (χ3n) is 4.17. The van der Waals surface area contributed by atoms with Crippen LogP contribution in [0, 0.1) is 0 Å². The maximum Gasteiger partial charge on any atom is 0.159 e. The van der Waals surface area contributed by atoms with Gasteiger partial charge in [0, 0.05) is 24.3 Å². The highest BCUT2D eigenvalue weighted by Gasteiger charge is 2.17. The molecule has 0 aromatic heterocycles. The monoisotopic (exact) mass is 335 g/mol. The number of ether oxygens (including phenoxy) is 2. The molecule has 0 spiro atoms. The van der Waals surface area contributed by atoms with E-state index in [1.165, 1.54) is 12.8 Å². The zero-order chi connectivity index (χ0) is 17.4. The van der Waals surface area contributed by atoms with Crippen molar-refractivity contribution >= 4 is 5.78 Å². The third-order valence-corrected chi connectivity index (χ3v) is 4.17. The number of hydrogen-bond acceptors (Lipinski definition) is 5. The Bertz CT molecular complexity index is 526. The first kappa shape index (κ1) is 18.9. The number of aliphatic hydroxyl groups is 1. The largest absolute Gasteiger partial charge is 0.490 e. The highest BCUT2D eigenvalue weighted by molar-refractivity contribution is 5.94. The molecule has 1 heterocycles. The van der Waals surface area contributed by atoms with Crippen LogP contribution in [0.4, 0.5) is 0 Å². The van der Waals surface area contributed by atoms with Crippen molar-refractivity contribution in [1.82, 2.24) is 4.90 Å². The number of aliphatic hydroxyl groups excluding tert-OH is 1. The highest BCUT2D eigenvalue weighted by atomic mass is 16.5. The molecule has 1 fully saturated rings. The van der Waals surface area contributed by atoms with Gasteiger partial charge in [-0.1, -0.05) is 6.92 Å². The van der Waals surface area contributed by atoms with E-state index in [-0.39, 0.29) is 12.4 Å². The fraction of sp³-hybridized carbons (Fsp3) is 0.632. The second-order valence-electron chi connectivity index (χ2n) is 6.40. The molecule has 134 valence electrons. The fourth-order valence-corrected chi connectivity index (χ4v) is 2.88. The summed E-state index contributed by atoms with van der Waals surface area (Å²) >= 11 is 0. The molecule has 0 radical (unpaired) electrons. The fourth-order valence-electron chi connectivity index (χ4n) is 2.88. The summed E-state index contributed by atoms with van der Waals surface area (Å²) in [6.07, 6.45) is 2.84. The van der Waals surface area contributed by atoms with Crippen molar-refractivity contribution in [1.29, 1.82) is 0 Å². The van der Waals surface area contributed by atoms with E-state index < -0.39 is 6.10 Å². The van der Waals surface area contributed by atoms with E-state index in [2.05, 4.69) is 11.8 Å². The number of β-amino-alcohol motifs (C(OH)–C–C–N with tert-alkyl or cyclic N) is 1. The van der Waals surface area contributed by atoms with Gasteiger partial charge >= 0.3 is 0 Å². The molecular weight excluding hydrogens is 306 g/mol. The lowest BCUT2D eigenvalue weighted by Crippen LogP contribution is -2.33. The van der Waals surface area contributed by atoms with E-state index in [1.54, 1.807) is 19.1 Å².